The van der Waals surface area contributed by atoms with Gasteiger partial charge in [0.15, 0.2) is 0 Å². The molecule has 16 heavy (non-hydrogen) atoms. The number of hydrogen-bond donors (Lipinski definition) is 0. The summed E-state index contributed by atoms with van der Waals surface area (Å²) in [6.07, 6.45) is 1.35. The van der Waals surface area contributed by atoms with E-state index in [4.69, 9.17) is 0 Å². The molecule has 1 saturated heterocycles. The molecule has 4 heteroatoms. The molecule has 1 fully saturated rings. The fourth-order valence-electron chi connectivity index (χ4n) is 1.77. The Bertz CT molecular complexity index is 415. The van der Waals surface area contributed by atoms with Crippen LogP contribution in [0.3, 0.4) is 0 Å². The molecule has 1 aliphatic rings. The van der Waals surface area contributed by atoms with Gasteiger partial charge in [-0.05, 0) is 12.5 Å². The third kappa shape index (κ3) is 2.10. The first kappa shape index (κ1) is 10.8. The molecule has 2 amide bonds. The molecule has 1 aromatic carbocycles. The van der Waals surface area contributed by atoms with Crippen LogP contribution in [-0.2, 0) is 16.1 Å². The lowest BCUT2D eigenvalue weighted by atomic mass is 10.1. The smallest absolute Gasteiger partial charge is 0.229 e. The normalized spacial score (nSPS) is 16.7. The Morgan fingerprint density at radius 3 is 2.38 bits per heavy atom. The molecule has 1 heterocycles. The fourth-order valence-corrected chi connectivity index (χ4v) is 1.77. The van der Waals surface area contributed by atoms with Gasteiger partial charge in [-0.2, -0.15) is 0 Å². The Morgan fingerprint density at radius 2 is 1.75 bits per heavy atom. The van der Waals surface area contributed by atoms with Crippen LogP contribution in [-0.4, -0.2) is 16.7 Å². The van der Waals surface area contributed by atoms with Crippen LogP contribution in [0.2, 0.25) is 0 Å². The van der Waals surface area contributed by atoms with E-state index in [9.17, 15) is 14.0 Å². The molecule has 0 bridgehead atoms. The number of amides is 2. The van der Waals surface area contributed by atoms with Crippen molar-refractivity contribution in [2.45, 2.75) is 25.8 Å². The predicted octanol–water partition coefficient (Wildman–Crippen LogP) is 1.86. The molecule has 0 spiro atoms. The van der Waals surface area contributed by atoms with E-state index < -0.39 is 0 Å². The van der Waals surface area contributed by atoms with E-state index in [0.29, 0.717) is 24.8 Å². The maximum atomic E-state index is 13.3. The summed E-state index contributed by atoms with van der Waals surface area (Å²) < 4.78 is 13.3. The minimum atomic E-state index is -0.381. The number of piperidine rings is 1. The van der Waals surface area contributed by atoms with Crippen molar-refractivity contribution in [1.82, 2.24) is 4.90 Å². The van der Waals surface area contributed by atoms with Crippen molar-refractivity contribution in [3.05, 3.63) is 35.6 Å². The largest absolute Gasteiger partial charge is 0.278 e. The molecule has 0 unspecified atom stereocenters. The minimum absolute atomic E-state index is 0.0460. The highest BCUT2D eigenvalue weighted by molar-refractivity contribution is 5.97. The first-order valence-electron chi connectivity index (χ1n) is 5.25. The number of likely N-dealkylation sites (tertiary alicyclic amines) is 1. The van der Waals surface area contributed by atoms with Crippen LogP contribution in [0.25, 0.3) is 0 Å². The average molecular weight is 221 g/mol. The summed E-state index contributed by atoms with van der Waals surface area (Å²) in [6.45, 7) is 0.0460. The zero-order chi connectivity index (χ0) is 11.5. The lowest BCUT2D eigenvalue weighted by Gasteiger charge is -2.24. The number of benzene rings is 1. The van der Waals surface area contributed by atoms with Crippen molar-refractivity contribution in [2.24, 2.45) is 0 Å². The van der Waals surface area contributed by atoms with Gasteiger partial charge in [0, 0.05) is 18.4 Å². The minimum Gasteiger partial charge on any atom is -0.278 e. The van der Waals surface area contributed by atoms with Crippen molar-refractivity contribution in [3.8, 4) is 0 Å². The van der Waals surface area contributed by atoms with E-state index in [1.165, 1.54) is 6.07 Å². The molecule has 1 aliphatic heterocycles. The number of halogens is 1. The van der Waals surface area contributed by atoms with E-state index in [0.717, 1.165) is 4.90 Å². The second kappa shape index (κ2) is 4.43. The highest BCUT2D eigenvalue weighted by atomic mass is 19.1. The second-order valence-electron chi connectivity index (χ2n) is 3.82. The summed E-state index contributed by atoms with van der Waals surface area (Å²) in [4.78, 5) is 24.1. The summed E-state index contributed by atoms with van der Waals surface area (Å²) in [5.74, 6) is -0.798. The van der Waals surface area contributed by atoms with Gasteiger partial charge in [-0.1, -0.05) is 18.2 Å². The molecule has 0 aromatic heterocycles. The molecule has 0 N–H and O–H groups in total. The molecule has 1 aromatic rings. The summed E-state index contributed by atoms with van der Waals surface area (Å²) in [6, 6.07) is 6.19. The molecule has 0 saturated carbocycles. The van der Waals surface area contributed by atoms with Gasteiger partial charge in [0.2, 0.25) is 11.8 Å². The van der Waals surface area contributed by atoms with Crippen molar-refractivity contribution in [2.75, 3.05) is 0 Å². The first-order chi connectivity index (χ1) is 7.68. The zero-order valence-electron chi connectivity index (χ0n) is 8.78. The number of carbonyl (C=O) groups is 2. The first-order valence-corrected chi connectivity index (χ1v) is 5.25. The number of carbonyl (C=O) groups excluding carboxylic acids is 2. The van der Waals surface area contributed by atoms with Crippen LogP contribution < -0.4 is 0 Å². The lowest BCUT2D eigenvalue weighted by Crippen LogP contribution is -2.39. The van der Waals surface area contributed by atoms with Crippen molar-refractivity contribution in [3.63, 3.8) is 0 Å². The number of rotatable bonds is 2. The second-order valence-corrected chi connectivity index (χ2v) is 3.82. The van der Waals surface area contributed by atoms with Gasteiger partial charge in [0.1, 0.15) is 5.82 Å². The maximum Gasteiger partial charge on any atom is 0.229 e. The number of nitrogens with zero attached hydrogens (tertiary/aromatic N) is 1. The van der Waals surface area contributed by atoms with E-state index in [1.54, 1.807) is 18.2 Å². The van der Waals surface area contributed by atoms with Crippen LogP contribution in [0.15, 0.2) is 24.3 Å². The number of imide groups is 1. The van der Waals surface area contributed by atoms with E-state index in [-0.39, 0.29) is 24.2 Å². The Morgan fingerprint density at radius 1 is 1.12 bits per heavy atom. The summed E-state index contributed by atoms with van der Waals surface area (Å²) in [5, 5.41) is 0. The Balaban J connectivity index is 2.17. The molecular weight excluding hydrogens is 209 g/mol. The quantitative estimate of drug-likeness (QED) is 0.715. The van der Waals surface area contributed by atoms with Crippen molar-refractivity contribution >= 4 is 11.8 Å². The van der Waals surface area contributed by atoms with Crippen molar-refractivity contribution < 1.29 is 14.0 Å². The maximum absolute atomic E-state index is 13.3. The van der Waals surface area contributed by atoms with Crippen LogP contribution in [0.1, 0.15) is 24.8 Å². The molecule has 84 valence electrons. The molecular formula is C12H12FNO2. The van der Waals surface area contributed by atoms with Crippen LogP contribution in [0.5, 0.6) is 0 Å². The number of hydrogen-bond acceptors (Lipinski definition) is 2. The van der Waals surface area contributed by atoms with E-state index in [2.05, 4.69) is 0 Å². The van der Waals surface area contributed by atoms with Gasteiger partial charge in [-0.15, -0.1) is 0 Å². The average Bonchev–Trinajstić information content (AvgIpc) is 2.26. The molecule has 0 atom stereocenters. The van der Waals surface area contributed by atoms with Gasteiger partial charge < -0.3 is 0 Å². The van der Waals surface area contributed by atoms with Crippen molar-refractivity contribution in [1.29, 1.82) is 0 Å². The van der Waals surface area contributed by atoms with Crippen LogP contribution in [0.4, 0.5) is 4.39 Å². The van der Waals surface area contributed by atoms with Gasteiger partial charge in [0.25, 0.3) is 0 Å². The fraction of sp³-hybridized carbons (Fsp3) is 0.333. The van der Waals surface area contributed by atoms with Crippen LogP contribution >= 0.6 is 0 Å². The van der Waals surface area contributed by atoms with E-state index in [1.807, 2.05) is 0 Å². The van der Waals surface area contributed by atoms with Gasteiger partial charge in [-0.25, -0.2) is 4.39 Å². The topological polar surface area (TPSA) is 37.4 Å². The Kier molecular flexibility index (Phi) is 2.99. The Hall–Kier alpha value is -1.71. The van der Waals surface area contributed by atoms with E-state index >= 15 is 0 Å². The molecule has 2 rings (SSSR count). The third-order valence-electron chi connectivity index (χ3n) is 2.67. The molecule has 3 nitrogen and oxygen atoms in total. The summed E-state index contributed by atoms with van der Waals surface area (Å²) in [5.41, 5.74) is 0.381. The van der Waals surface area contributed by atoms with Gasteiger partial charge in [0.05, 0.1) is 6.54 Å². The standard InChI is InChI=1S/C12H12FNO2/c13-10-5-2-1-4-9(10)8-14-11(15)6-3-7-12(14)16/h1-2,4-5H,3,6-8H2. The monoisotopic (exact) mass is 221 g/mol. The van der Waals surface area contributed by atoms with Gasteiger partial charge in [-0.3, -0.25) is 14.5 Å². The predicted molar refractivity (Wildman–Crippen MR) is 55.8 cm³/mol. The summed E-state index contributed by atoms with van der Waals surface area (Å²) >= 11 is 0. The van der Waals surface area contributed by atoms with Gasteiger partial charge >= 0.3 is 0 Å². The van der Waals surface area contributed by atoms with Crippen LogP contribution in [0, 0.1) is 5.82 Å². The molecule has 0 aliphatic carbocycles. The highest BCUT2D eigenvalue weighted by Gasteiger charge is 2.26. The highest BCUT2D eigenvalue weighted by Crippen LogP contribution is 2.17. The summed E-state index contributed by atoms with van der Waals surface area (Å²) in [7, 11) is 0. The molecule has 0 radical (unpaired) electrons. The third-order valence-corrected chi connectivity index (χ3v) is 2.67. The SMILES string of the molecule is O=C1CCCC(=O)N1Cc1ccccc1F. The zero-order valence-corrected chi connectivity index (χ0v) is 8.78. The Labute approximate surface area is 92.9 Å². The lowest BCUT2D eigenvalue weighted by molar-refractivity contribution is -0.148.